The normalized spacial score (nSPS) is 19.2. The number of piperazine rings is 1. The number of rotatable bonds is 2. The van der Waals surface area contributed by atoms with Crippen molar-refractivity contribution >= 4 is 11.8 Å². The van der Waals surface area contributed by atoms with Crippen LogP contribution in [-0.4, -0.2) is 35.8 Å². The first-order chi connectivity index (χ1) is 9.04. The third-order valence-corrected chi connectivity index (χ3v) is 3.41. The van der Waals surface area contributed by atoms with Gasteiger partial charge in [0.05, 0.1) is 0 Å². The molecule has 1 aliphatic heterocycles. The lowest BCUT2D eigenvalue weighted by Gasteiger charge is -2.34. The molecule has 2 rings (SSSR count). The zero-order chi connectivity index (χ0) is 14.0. The molecule has 19 heavy (non-hydrogen) atoms. The van der Waals surface area contributed by atoms with Crippen LogP contribution in [0.4, 0.5) is 4.39 Å². The van der Waals surface area contributed by atoms with Crippen LogP contribution in [0.1, 0.15) is 29.3 Å². The fourth-order valence-electron chi connectivity index (χ4n) is 2.34. The number of aryl methyl sites for hydroxylation is 1. The van der Waals surface area contributed by atoms with Crippen LogP contribution in [0.25, 0.3) is 0 Å². The van der Waals surface area contributed by atoms with Crippen LogP contribution in [0, 0.1) is 12.7 Å². The largest absolute Gasteiger partial charge is 0.353 e. The van der Waals surface area contributed by atoms with Crippen LogP contribution in [0.15, 0.2) is 18.2 Å². The van der Waals surface area contributed by atoms with Gasteiger partial charge in [0.15, 0.2) is 0 Å². The summed E-state index contributed by atoms with van der Waals surface area (Å²) in [4.78, 5) is 25.7. The predicted octanol–water partition coefficient (Wildman–Crippen LogP) is 1.48. The second-order valence-electron chi connectivity index (χ2n) is 4.67. The molecule has 1 N–H and O–H groups in total. The molecule has 1 fully saturated rings. The molecule has 0 saturated carbocycles. The minimum absolute atomic E-state index is 0.142. The van der Waals surface area contributed by atoms with Gasteiger partial charge in [-0.1, -0.05) is 13.0 Å². The van der Waals surface area contributed by atoms with Crippen molar-refractivity contribution in [1.29, 1.82) is 0 Å². The topological polar surface area (TPSA) is 49.4 Å². The molecule has 1 aromatic carbocycles. The maximum Gasteiger partial charge on any atom is 0.254 e. The van der Waals surface area contributed by atoms with Gasteiger partial charge in [0, 0.05) is 18.7 Å². The molecule has 1 atom stereocenters. The maximum absolute atomic E-state index is 13.3. The molecule has 0 aliphatic carbocycles. The summed E-state index contributed by atoms with van der Waals surface area (Å²) in [5, 5.41) is 2.74. The van der Waals surface area contributed by atoms with E-state index in [0.717, 1.165) is 0 Å². The van der Waals surface area contributed by atoms with Crippen LogP contribution in [-0.2, 0) is 4.79 Å². The number of carbonyl (C=O) groups is 2. The van der Waals surface area contributed by atoms with Gasteiger partial charge in [0.2, 0.25) is 5.91 Å². The van der Waals surface area contributed by atoms with Crippen molar-refractivity contribution in [1.82, 2.24) is 10.2 Å². The SMILES string of the molecule is CCC1C(=O)NCCN1C(=O)c1cc(F)ccc1C. The van der Waals surface area contributed by atoms with Gasteiger partial charge < -0.3 is 10.2 Å². The monoisotopic (exact) mass is 264 g/mol. The Morgan fingerprint density at radius 3 is 2.95 bits per heavy atom. The highest BCUT2D eigenvalue weighted by molar-refractivity contribution is 5.99. The van der Waals surface area contributed by atoms with E-state index in [1.165, 1.54) is 17.0 Å². The van der Waals surface area contributed by atoms with Gasteiger partial charge in [-0.3, -0.25) is 9.59 Å². The molecule has 4 nitrogen and oxygen atoms in total. The summed E-state index contributed by atoms with van der Waals surface area (Å²) in [6, 6.07) is 3.67. The summed E-state index contributed by atoms with van der Waals surface area (Å²) >= 11 is 0. The van der Waals surface area contributed by atoms with E-state index < -0.39 is 11.9 Å². The van der Waals surface area contributed by atoms with Gasteiger partial charge in [-0.05, 0) is 31.0 Å². The van der Waals surface area contributed by atoms with Crippen molar-refractivity contribution in [3.05, 3.63) is 35.1 Å². The van der Waals surface area contributed by atoms with Gasteiger partial charge in [-0.2, -0.15) is 0 Å². The van der Waals surface area contributed by atoms with Gasteiger partial charge >= 0.3 is 0 Å². The van der Waals surface area contributed by atoms with Crippen molar-refractivity contribution in [2.45, 2.75) is 26.3 Å². The molecule has 0 aromatic heterocycles. The van der Waals surface area contributed by atoms with E-state index >= 15 is 0 Å². The molecular formula is C14H17FN2O2. The van der Waals surface area contributed by atoms with Gasteiger partial charge in [-0.15, -0.1) is 0 Å². The molecule has 0 spiro atoms. The Kier molecular flexibility index (Phi) is 3.83. The molecule has 102 valence electrons. The second-order valence-corrected chi connectivity index (χ2v) is 4.67. The Morgan fingerprint density at radius 1 is 1.53 bits per heavy atom. The van der Waals surface area contributed by atoms with Crippen molar-refractivity contribution in [2.24, 2.45) is 0 Å². The zero-order valence-electron chi connectivity index (χ0n) is 11.1. The zero-order valence-corrected chi connectivity index (χ0v) is 11.1. The van der Waals surface area contributed by atoms with Crippen molar-refractivity contribution in [3.63, 3.8) is 0 Å². The minimum Gasteiger partial charge on any atom is -0.353 e. The van der Waals surface area contributed by atoms with E-state index in [1.54, 1.807) is 13.0 Å². The number of nitrogens with zero attached hydrogens (tertiary/aromatic N) is 1. The Labute approximate surface area is 111 Å². The highest BCUT2D eigenvalue weighted by atomic mass is 19.1. The third kappa shape index (κ3) is 2.59. The number of nitrogens with one attached hydrogen (secondary N) is 1. The summed E-state index contributed by atoms with van der Waals surface area (Å²) in [6.07, 6.45) is 0.548. The van der Waals surface area contributed by atoms with Crippen molar-refractivity contribution < 1.29 is 14.0 Å². The van der Waals surface area contributed by atoms with Crippen molar-refractivity contribution in [2.75, 3.05) is 13.1 Å². The third-order valence-electron chi connectivity index (χ3n) is 3.41. The first-order valence-corrected chi connectivity index (χ1v) is 6.39. The van der Waals surface area contributed by atoms with E-state index in [2.05, 4.69) is 5.32 Å². The fourth-order valence-corrected chi connectivity index (χ4v) is 2.34. The molecule has 1 unspecified atom stereocenters. The fraction of sp³-hybridized carbons (Fsp3) is 0.429. The molecule has 1 aliphatic rings. The predicted molar refractivity (Wildman–Crippen MR) is 69.3 cm³/mol. The molecular weight excluding hydrogens is 247 g/mol. The standard InChI is InChI=1S/C14H17FN2O2/c1-3-12-13(18)16-6-7-17(12)14(19)11-8-10(15)5-4-9(11)2/h4-5,8,12H,3,6-7H2,1-2H3,(H,16,18). The molecule has 0 radical (unpaired) electrons. The van der Waals surface area contributed by atoms with E-state index in [1.807, 2.05) is 6.92 Å². The number of hydrogen-bond donors (Lipinski definition) is 1. The highest BCUT2D eigenvalue weighted by Crippen LogP contribution is 2.17. The van der Waals surface area contributed by atoms with Gasteiger partial charge in [0.25, 0.3) is 5.91 Å². The molecule has 5 heteroatoms. The molecule has 0 bridgehead atoms. The lowest BCUT2D eigenvalue weighted by Crippen LogP contribution is -2.57. The summed E-state index contributed by atoms with van der Waals surface area (Å²) in [7, 11) is 0. The van der Waals surface area contributed by atoms with Gasteiger partial charge in [0.1, 0.15) is 11.9 Å². The second kappa shape index (κ2) is 5.38. The maximum atomic E-state index is 13.3. The highest BCUT2D eigenvalue weighted by Gasteiger charge is 2.32. The van der Waals surface area contributed by atoms with Crippen LogP contribution in [0.2, 0.25) is 0 Å². The van der Waals surface area contributed by atoms with Crippen LogP contribution in [0.5, 0.6) is 0 Å². The Bertz CT molecular complexity index is 516. The molecule has 1 saturated heterocycles. The first-order valence-electron chi connectivity index (χ1n) is 6.39. The smallest absolute Gasteiger partial charge is 0.254 e. The molecule has 1 aromatic rings. The Balaban J connectivity index is 2.32. The number of halogens is 1. The van der Waals surface area contributed by atoms with E-state index in [0.29, 0.717) is 30.6 Å². The number of carbonyl (C=O) groups excluding carboxylic acids is 2. The number of hydrogen-bond acceptors (Lipinski definition) is 2. The van der Waals surface area contributed by atoms with Crippen LogP contribution in [0.3, 0.4) is 0 Å². The summed E-state index contributed by atoms with van der Waals surface area (Å²) in [5.41, 5.74) is 1.04. The summed E-state index contributed by atoms with van der Waals surface area (Å²) in [6.45, 7) is 4.51. The number of benzene rings is 1. The minimum atomic E-state index is -0.469. The molecule has 1 heterocycles. The van der Waals surface area contributed by atoms with E-state index in [9.17, 15) is 14.0 Å². The van der Waals surface area contributed by atoms with Crippen molar-refractivity contribution in [3.8, 4) is 0 Å². The van der Waals surface area contributed by atoms with Gasteiger partial charge in [-0.25, -0.2) is 4.39 Å². The lowest BCUT2D eigenvalue weighted by atomic mass is 10.0. The van der Waals surface area contributed by atoms with E-state index in [-0.39, 0.29) is 11.8 Å². The Morgan fingerprint density at radius 2 is 2.26 bits per heavy atom. The van der Waals surface area contributed by atoms with E-state index in [4.69, 9.17) is 0 Å². The average Bonchev–Trinajstić information content (AvgIpc) is 2.40. The van der Waals surface area contributed by atoms with Crippen LogP contribution >= 0.6 is 0 Å². The number of amides is 2. The summed E-state index contributed by atoms with van der Waals surface area (Å²) < 4.78 is 13.3. The Hall–Kier alpha value is -1.91. The summed E-state index contributed by atoms with van der Waals surface area (Å²) in [5.74, 6) is -0.863. The average molecular weight is 264 g/mol. The quantitative estimate of drug-likeness (QED) is 0.879. The lowest BCUT2D eigenvalue weighted by molar-refractivity contribution is -0.127. The first kappa shape index (κ1) is 13.5. The van der Waals surface area contributed by atoms with Crippen LogP contribution < -0.4 is 5.32 Å². The molecule has 2 amide bonds.